The summed E-state index contributed by atoms with van der Waals surface area (Å²) in [5, 5.41) is 0. The summed E-state index contributed by atoms with van der Waals surface area (Å²) in [6.07, 6.45) is 3.57. The van der Waals surface area contributed by atoms with Crippen molar-refractivity contribution in [3.05, 3.63) is 20.3 Å². The number of halogens is 1. The van der Waals surface area contributed by atoms with Gasteiger partial charge < -0.3 is 15.6 Å². The Hall–Kier alpha value is -0.630. The Balaban J connectivity index is 2.16. The third kappa shape index (κ3) is 2.62. The van der Waals surface area contributed by atoms with Crippen molar-refractivity contribution in [2.75, 3.05) is 24.5 Å². The second-order valence-corrected chi connectivity index (χ2v) is 5.95. The molecule has 1 aromatic heterocycles. The monoisotopic (exact) mass is 348 g/mol. The molecule has 0 amide bonds. The normalized spacial score (nSPS) is 19.4. The van der Waals surface area contributed by atoms with E-state index in [1.165, 1.54) is 6.33 Å². The minimum absolute atomic E-state index is 0.0669. The maximum Gasteiger partial charge on any atom is 0.266 e. The minimum Gasteiger partial charge on any atom is -0.355 e. The molecule has 2 rings (SSSR count). The Morgan fingerprint density at radius 1 is 1.59 bits per heavy atom. The van der Waals surface area contributed by atoms with Gasteiger partial charge in [0, 0.05) is 13.1 Å². The molecule has 3 N–H and O–H groups in total. The molecule has 1 saturated heterocycles. The number of aromatic nitrogens is 2. The van der Waals surface area contributed by atoms with Crippen molar-refractivity contribution in [1.82, 2.24) is 9.97 Å². The highest BCUT2D eigenvalue weighted by Crippen LogP contribution is 2.31. The van der Waals surface area contributed by atoms with Crippen molar-refractivity contribution in [1.29, 1.82) is 0 Å². The third-order valence-corrected chi connectivity index (χ3v) is 4.51. The van der Waals surface area contributed by atoms with Crippen molar-refractivity contribution in [3.63, 3.8) is 0 Å². The van der Waals surface area contributed by atoms with Crippen LogP contribution in [0.2, 0.25) is 0 Å². The van der Waals surface area contributed by atoms with Gasteiger partial charge in [0.25, 0.3) is 5.56 Å². The first-order chi connectivity index (χ1) is 8.06. The molecule has 6 heteroatoms. The summed E-state index contributed by atoms with van der Waals surface area (Å²) in [6.45, 7) is 4.78. The predicted octanol–water partition coefficient (Wildman–Crippen LogP) is 0.940. The second-order valence-electron chi connectivity index (χ2n) is 4.87. The molecule has 0 radical (unpaired) electrons. The molecule has 1 fully saturated rings. The van der Waals surface area contributed by atoms with E-state index in [2.05, 4.69) is 44.4 Å². The number of piperidine rings is 1. The van der Waals surface area contributed by atoms with E-state index >= 15 is 0 Å². The van der Waals surface area contributed by atoms with E-state index in [0.29, 0.717) is 3.57 Å². The van der Waals surface area contributed by atoms with Gasteiger partial charge in [-0.3, -0.25) is 4.79 Å². The molecule has 17 heavy (non-hydrogen) atoms. The zero-order valence-corrected chi connectivity index (χ0v) is 12.0. The van der Waals surface area contributed by atoms with E-state index in [1.807, 2.05) is 0 Å². The lowest BCUT2D eigenvalue weighted by atomic mass is 9.80. The van der Waals surface area contributed by atoms with Crippen LogP contribution in [0, 0.1) is 8.99 Å². The number of nitrogens with two attached hydrogens (primary N) is 1. The smallest absolute Gasteiger partial charge is 0.266 e. The molecule has 94 valence electrons. The summed E-state index contributed by atoms with van der Waals surface area (Å²) in [5.74, 6) is 0.799. The fourth-order valence-corrected chi connectivity index (χ4v) is 2.69. The molecular weight excluding hydrogens is 331 g/mol. The van der Waals surface area contributed by atoms with Gasteiger partial charge in [-0.25, -0.2) is 4.98 Å². The molecule has 0 bridgehead atoms. The van der Waals surface area contributed by atoms with Crippen LogP contribution in [0.15, 0.2) is 11.1 Å². The largest absolute Gasteiger partial charge is 0.355 e. The number of hydrogen-bond donors (Lipinski definition) is 2. The van der Waals surface area contributed by atoms with Crippen LogP contribution in [0.1, 0.15) is 19.8 Å². The fraction of sp³-hybridized carbons (Fsp3) is 0.636. The van der Waals surface area contributed by atoms with Crippen molar-refractivity contribution in [2.45, 2.75) is 19.8 Å². The molecule has 2 heterocycles. The lowest BCUT2D eigenvalue weighted by Gasteiger charge is -2.39. The summed E-state index contributed by atoms with van der Waals surface area (Å²) < 4.78 is 0.668. The molecule has 0 aromatic carbocycles. The Morgan fingerprint density at radius 2 is 2.24 bits per heavy atom. The number of nitrogens with zero attached hydrogens (tertiary/aromatic N) is 2. The van der Waals surface area contributed by atoms with Gasteiger partial charge in [-0.15, -0.1) is 0 Å². The summed E-state index contributed by atoms with van der Waals surface area (Å²) in [6, 6.07) is 0. The molecule has 0 aliphatic carbocycles. The topological polar surface area (TPSA) is 75.0 Å². The van der Waals surface area contributed by atoms with Crippen LogP contribution >= 0.6 is 22.6 Å². The van der Waals surface area contributed by atoms with Gasteiger partial charge in [0.1, 0.15) is 9.39 Å². The average molecular weight is 348 g/mol. The molecule has 1 aliphatic heterocycles. The Labute approximate surface area is 114 Å². The Bertz CT molecular complexity index is 451. The lowest BCUT2D eigenvalue weighted by molar-refractivity contribution is 0.257. The first-order valence-electron chi connectivity index (χ1n) is 5.74. The molecule has 1 aliphatic rings. The van der Waals surface area contributed by atoms with Crippen molar-refractivity contribution >= 4 is 28.4 Å². The molecule has 5 nitrogen and oxygen atoms in total. The maximum absolute atomic E-state index is 11.5. The van der Waals surface area contributed by atoms with E-state index < -0.39 is 0 Å². The van der Waals surface area contributed by atoms with Gasteiger partial charge in [-0.05, 0) is 47.4 Å². The molecular formula is C11H17IN4O. The van der Waals surface area contributed by atoms with Crippen molar-refractivity contribution in [2.24, 2.45) is 11.1 Å². The molecule has 0 unspecified atom stereocenters. The van der Waals surface area contributed by atoms with E-state index in [9.17, 15) is 4.79 Å². The van der Waals surface area contributed by atoms with E-state index in [0.717, 1.165) is 38.3 Å². The number of rotatable bonds is 2. The van der Waals surface area contributed by atoms with Crippen LogP contribution in [0.25, 0.3) is 0 Å². The zero-order valence-electron chi connectivity index (χ0n) is 9.87. The lowest BCUT2D eigenvalue weighted by Crippen LogP contribution is -2.43. The van der Waals surface area contributed by atoms with Crippen LogP contribution in [0.5, 0.6) is 0 Å². The second kappa shape index (κ2) is 4.93. The first kappa shape index (κ1) is 12.8. The van der Waals surface area contributed by atoms with Crippen LogP contribution < -0.4 is 16.2 Å². The summed E-state index contributed by atoms with van der Waals surface area (Å²) in [4.78, 5) is 20.5. The van der Waals surface area contributed by atoms with E-state index in [-0.39, 0.29) is 11.0 Å². The van der Waals surface area contributed by atoms with Gasteiger partial charge in [0.2, 0.25) is 0 Å². The third-order valence-electron chi connectivity index (χ3n) is 3.54. The number of anilines is 1. The zero-order chi connectivity index (χ0) is 12.5. The average Bonchev–Trinajstić information content (AvgIpc) is 2.34. The molecule has 0 saturated carbocycles. The van der Waals surface area contributed by atoms with Crippen LogP contribution in [0.3, 0.4) is 0 Å². The van der Waals surface area contributed by atoms with Gasteiger partial charge in [-0.1, -0.05) is 6.92 Å². The van der Waals surface area contributed by atoms with Crippen LogP contribution in [-0.2, 0) is 0 Å². The van der Waals surface area contributed by atoms with Crippen LogP contribution in [0.4, 0.5) is 5.82 Å². The summed E-state index contributed by atoms with van der Waals surface area (Å²) >= 11 is 2.05. The molecule has 0 spiro atoms. The van der Waals surface area contributed by atoms with Gasteiger partial charge in [0.15, 0.2) is 0 Å². The van der Waals surface area contributed by atoms with Crippen molar-refractivity contribution in [3.8, 4) is 0 Å². The van der Waals surface area contributed by atoms with Gasteiger partial charge >= 0.3 is 0 Å². The molecule has 0 atom stereocenters. The number of aromatic amines is 1. The highest BCUT2D eigenvalue weighted by molar-refractivity contribution is 14.1. The highest BCUT2D eigenvalue weighted by atomic mass is 127. The van der Waals surface area contributed by atoms with Crippen molar-refractivity contribution < 1.29 is 0 Å². The van der Waals surface area contributed by atoms with Gasteiger partial charge in [-0.2, -0.15) is 0 Å². The number of hydrogen-bond acceptors (Lipinski definition) is 4. The predicted molar refractivity (Wildman–Crippen MR) is 76.2 cm³/mol. The van der Waals surface area contributed by atoms with E-state index in [1.54, 1.807) is 0 Å². The number of nitrogens with one attached hydrogen (secondary N) is 1. The quantitative estimate of drug-likeness (QED) is 0.780. The van der Waals surface area contributed by atoms with Crippen LogP contribution in [-0.4, -0.2) is 29.6 Å². The Kier molecular flexibility index (Phi) is 3.72. The standard InChI is InChI=1S/C11H17IN4O/c1-11(6-13)2-4-16(5-3-11)9-8(12)10(17)15-7-14-9/h7H,2-6,13H2,1H3,(H,14,15,17). The minimum atomic E-state index is -0.0669. The molecule has 1 aromatic rings. The summed E-state index contributed by atoms with van der Waals surface area (Å²) in [7, 11) is 0. The highest BCUT2D eigenvalue weighted by Gasteiger charge is 2.30. The Morgan fingerprint density at radius 3 is 2.82 bits per heavy atom. The SMILES string of the molecule is CC1(CN)CCN(c2nc[nH]c(=O)c2I)CC1. The summed E-state index contributed by atoms with van der Waals surface area (Å²) in [5.41, 5.74) is 5.96. The number of H-pyrrole nitrogens is 1. The fourth-order valence-electron chi connectivity index (χ4n) is 2.06. The van der Waals surface area contributed by atoms with Gasteiger partial charge in [0.05, 0.1) is 6.33 Å². The van der Waals surface area contributed by atoms with E-state index in [4.69, 9.17) is 5.73 Å². The maximum atomic E-state index is 11.5. The first-order valence-corrected chi connectivity index (χ1v) is 6.82.